The van der Waals surface area contributed by atoms with E-state index in [2.05, 4.69) is 0 Å². The SMILES string of the molecule is CCOC(=O)C1=C(C)OC(Cc2ccc(Cl)cc2)C1=O. The molecule has 1 aliphatic rings. The summed E-state index contributed by atoms with van der Waals surface area (Å²) in [7, 11) is 0. The number of benzene rings is 1. The van der Waals surface area contributed by atoms with Gasteiger partial charge in [-0.25, -0.2) is 4.79 Å². The molecule has 1 unspecified atom stereocenters. The lowest BCUT2D eigenvalue weighted by molar-refractivity contribution is -0.140. The molecule has 1 aromatic carbocycles. The quantitative estimate of drug-likeness (QED) is 0.633. The van der Waals surface area contributed by atoms with Crippen molar-refractivity contribution in [3.05, 3.63) is 46.2 Å². The largest absolute Gasteiger partial charge is 0.486 e. The van der Waals surface area contributed by atoms with Crippen LogP contribution in [0.5, 0.6) is 0 Å². The first-order valence-corrected chi connectivity index (χ1v) is 6.74. The minimum Gasteiger partial charge on any atom is -0.486 e. The van der Waals surface area contributed by atoms with E-state index in [0.29, 0.717) is 17.2 Å². The molecule has 20 heavy (non-hydrogen) atoms. The lowest BCUT2D eigenvalue weighted by Crippen LogP contribution is -2.24. The molecule has 1 aromatic rings. The van der Waals surface area contributed by atoms with Crippen LogP contribution in [0.4, 0.5) is 0 Å². The van der Waals surface area contributed by atoms with Crippen molar-refractivity contribution in [2.45, 2.75) is 26.4 Å². The van der Waals surface area contributed by atoms with E-state index >= 15 is 0 Å². The summed E-state index contributed by atoms with van der Waals surface area (Å²) >= 11 is 5.81. The predicted molar refractivity (Wildman–Crippen MR) is 74.4 cm³/mol. The number of carbonyl (C=O) groups excluding carboxylic acids is 2. The summed E-state index contributed by atoms with van der Waals surface area (Å²) in [5.41, 5.74) is 0.941. The van der Waals surface area contributed by atoms with Gasteiger partial charge < -0.3 is 9.47 Å². The number of allylic oxidation sites excluding steroid dienone is 1. The highest BCUT2D eigenvalue weighted by atomic mass is 35.5. The van der Waals surface area contributed by atoms with Crippen LogP contribution in [0.3, 0.4) is 0 Å². The first kappa shape index (κ1) is 14.6. The molecule has 1 heterocycles. The Balaban J connectivity index is 2.09. The Bertz CT molecular complexity index is 560. The summed E-state index contributed by atoms with van der Waals surface area (Å²) in [6, 6.07) is 7.17. The number of ketones is 1. The number of ether oxygens (including phenoxy) is 2. The Labute approximate surface area is 122 Å². The molecule has 1 aliphatic heterocycles. The Morgan fingerprint density at radius 2 is 2.00 bits per heavy atom. The number of rotatable bonds is 4. The van der Waals surface area contributed by atoms with Crippen molar-refractivity contribution >= 4 is 23.4 Å². The highest BCUT2D eigenvalue weighted by Crippen LogP contribution is 2.25. The highest BCUT2D eigenvalue weighted by molar-refractivity contribution is 6.30. The molecule has 0 saturated carbocycles. The van der Waals surface area contributed by atoms with Crippen molar-refractivity contribution in [3.8, 4) is 0 Å². The van der Waals surface area contributed by atoms with Crippen LogP contribution >= 0.6 is 11.6 Å². The summed E-state index contributed by atoms with van der Waals surface area (Å²) in [5, 5.41) is 0.633. The van der Waals surface area contributed by atoms with Gasteiger partial charge >= 0.3 is 5.97 Å². The Hall–Kier alpha value is -1.81. The van der Waals surface area contributed by atoms with Crippen LogP contribution in [0.1, 0.15) is 19.4 Å². The summed E-state index contributed by atoms with van der Waals surface area (Å²) in [6.45, 7) is 3.52. The van der Waals surface area contributed by atoms with E-state index in [0.717, 1.165) is 5.56 Å². The molecule has 5 heteroatoms. The van der Waals surface area contributed by atoms with Crippen LogP contribution in [0.15, 0.2) is 35.6 Å². The highest BCUT2D eigenvalue weighted by Gasteiger charge is 2.37. The zero-order chi connectivity index (χ0) is 14.7. The molecule has 0 spiro atoms. The van der Waals surface area contributed by atoms with Gasteiger partial charge in [0, 0.05) is 11.4 Å². The molecule has 0 N–H and O–H groups in total. The summed E-state index contributed by atoms with van der Waals surface area (Å²) < 4.78 is 10.3. The van der Waals surface area contributed by atoms with Crippen LogP contribution in [-0.4, -0.2) is 24.5 Å². The molecular weight excluding hydrogens is 280 g/mol. The van der Waals surface area contributed by atoms with E-state index in [-0.39, 0.29) is 18.0 Å². The number of esters is 1. The number of Topliss-reactive ketones (excluding diaryl/α,β-unsaturated/α-hetero) is 1. The van der Waals surface area contributed by atoms with Crippen molar-refractivity contribution in [3.63, 3.8) is 0 Å². The summed E-state index contributed by atoms with van der Waals surface area (Å²) in [4.78, 5) is 23.9. The monoisotopic (exact) mass is 294 g/mol. The normalized spacial score (nSPS) is 18.1. The fraction of sp³-hybridized carbons (Fsp3) is 0.333. The lowest BCUT2D eigenvalue weighted by Gasteiger charge is -2.10. The topological polar surface area (TPSA) is 52.6 Å². The van der Waals surface area contributed by atoms with E-state index in [1.807, 2.05) is 12.1 Å². The van der Waals surface area contributed by atoms with Gasteiger partial charge in [-0.3, -0.25) is 4.79 Å². The second kappa shape index (κ2) is 6.09. The predicted octanol–water partition coefficient (Wildman–Crippen LogP) is 2.69. The van der Waals surface area contributed by atoms with Gasteiger partial charge in [0.05, 0.1) is 6.61 Å². The van der Waals surface area contributed by atoms with Gasteiger partial charge in [-0.2, -0.15) is 0 Å². The van der Waals surface area contributed by atoms with E-state index < -0.39 is 12.1 Å². The molecule has 1 atom stereocenters. The van der Waals surface area contributed by atoms with Gasteiger partial charge in [0.15, 0.2) is 6.10 Å². The standard InChI is InChI=1S/C15H15ClO4/c1-3-19-15(18)13-9(2)20-12(14(13)17)8-10-4-6-11(16)7-5-10/h4-7,12H,3,8H2,1-2H3. The minimum atomic E-state index is -0.671. The molecular formula is C15H15ClO4. The number of hydrogen-bond acceptors (Lipinski definition) is 4. The third-order valence-electron chi connectivity index (χ3n) is 3.02. The van der Waals surface area contributed by atoms with Crippen molar-refractivity contribution in [2.24, 2.45) is 0 Å². The van der Waals surface area contributed by atoms with Gasteiger partial charge in [0.25, 0.3) is 0 Å². The second-order valence-corrected chi connectivity index (χ2v) is 4.89. The van der Waals surface area contributed by atoms with Gasteiger partial charge in [-0.15, -0.1) is 0 Å². The molecule has 0 radical (unpaired) electrons. The summed E-state index contributed by atoms with van der Waals surface area (Å²) in [6.07, 6.45) is -0.272. The number of halogens is 1. The molecule has 0 aromatic heterocycles. The Morgan fingerprint density at radius 1 is 1.35 bits per heavy atom. The molecule has 4 nitrogen and oxygen atoms in total. The molecule has 0 aliphatic carbocycles. The van der Waals surface area contributed by atoms with Gasteiger partial charge in [0.1, 0.15) is 11.3 Å². The van der Waals surface area contributed by atoms with E-state index in [1.165, 1.54) is 0 Å². The van der Waals surface area contributed by atoms with Crippen LogP contribution in [-0.2, 0) is 25.5 Å². The lowest BCUT2D eigenvalue weighted by atomic mass is 10.0. The van der Waals surface area contributed by atoms with Crippen molar-refractivity contribution in [1.82, 2.24) is 0 Å². The Kier molecular flexibility index (Phi) is 4.45. The summed E-state index contributed by atoms with van der Waals surface area (Å²) in [5.74, 6) is -0.614. The second-order valence-electron chi connectivity index (χ2n) is 4.45. The third kappa shape index (κ3) is 3.02. The number of carbonyl (C=O) groups is 2. The average molecular weight is 295 g/mol. The average Bonchev–Trinajstić information content (AvgIpc) is 2.67. The molecule has 0 saturated heterocycles. The van der Waals surface area contributed by atoms with E-state index in [1.54, 1.807) is 26.0 Å². The Morgan fingerprint density at radius 3 is 2.60 bits per heavy atom. The molecule has 0 amide bonds. The van der Waals surface area contributed by atoms with Gasteiger partial charge in [0.2, 0.25) is 5.78 Å². The maximum atomic E-state index is 12.2. The van der Waals surface area contributed by atoms with Crippen LogP contribution < -0.4 is 0 Å². The van der Waals surface area contributed by atoms with Crippen molar-refractivity contribution in [2.75, 3.05) is 6.61 Å². The molecule has 0 bridgehead atoms. The van der Waals surface area contributed by atoms with Crippen molar-refractivity contribution in [1.29, 1.82) is 0 Å². The van der Waals surface area contributed by atoms with Gasteiger partial charge in [-0.1, -0.05) is 23.7 Å². The fourth-order valence-electron chi connectivity index (χ4n) is 2.08. The minimum absolute atomic E-state index is 0.0193. The maximum Gasteiger partial charge on any atom is 0.345 e. The van der Waals surface area contributed by atoms with E-state index in [4.69, 9.17) is 21.1 Å². The number of hydrogen-bond donors (Lipinski definition) is 0. The smallest absolute Gasteiger partial charge is 0.345 e. The van der Waals surface area contributed by atoms with Crippen molar-refractivity contribution < 1.29 is 19.1 Å². The zero-order valence-electron chi connectivity index (χ0n) is 11.3. The van der Waals surface area contributed by atoms with E-state index in [9.17, 15) is 9.59 Å². The molecule has 2 rings (SSSR count). The first-order valence-electron chi connectivity index (χ1n) is 6.36. The first-order chi connectivity index (χ1) is 9.52. The van der Waals surface area contributed by atoms with Gasteiger partial charge in [-0.05, 0) is 31.5 Å². The maximum absolute atomic E-state index is 12.2. The van der Waals surface area contributed by atoms with Crippen LogP contribution in [0, 0.1) is 0 Å². The van der Waals surface area contributed by atoms with Crippen LogP contribution in [0.2, 0.25) is 5.02 Å². The molecule has 0 fully saturated rings. The zero-order valence-corrected chi connectivity index (χ0v) is 12.1. The fourth-order valence-corrected chi connectivity index (χ4v) is 2.20. The molecule has 106 valence electrons. The van der Waals surface area contributed by atoms with Crippen LogP contribution in [0.25, 0.3) is 0 Å². The third-order valence-corrected chi connectivity index (χ3v) is 3.28.